The third-order valence-electron chi connectivity index (χ3n) is 3.68. The summed E-state index contributed by atoms with van der Waals surface area (Å²) < 4.78 is 5.18. The van der Waals surface area contributed by atoms with Gasteiger partial charge in [-0.1, -0.05) is 25.0 Å². The van der Waals surface area contributed by atoms with Crippen LogP contribution >= 0.6 is 0 Å². The van der Waals surface area contributed by atoms with Crippen LogP contribution < -0.4 is 10.1 Å². The van der Waals surface area contributed by atoms with E-state index in [1.54, 1.807) is 24.3 Å². The lowest BCUT2D eigenvalue weighted by Crippen LogP contribution is -2.44. The maximum Gasteiger partial charge on any atom is 0.323 e. The molecule has 1 aliphatic carbocycles. The molecule has 1 aromatic carbocycles. The van der Waals surface area contributed by atoms with Gasteiger partial charge in [0.1, 0.15) is 12.3 Å². The second-order valence-electron chi connectivity index (χ2n) is 5.09. The van der Waals surface area contributed by atoms with Gasteiger partial charge in [0.05, 0.1) is 12.8 Å². The molecular formula is C15H20N2O4. The molecule has 2 rings (SSSR count). The van der Waals surface area contributed by atoms with Crippen LogP contribution in [0.1, 0.15) is 25.7 Å². The van der Waals surface area contributed by atoms with Crippen LogP contribution in [0.5, 0.6) is 5.75 Å². The van der Waals surface area contributed by atoms with Gasteiger partial charge < -0.3 is 20.1 Å². The zero-order valence-electron chi connectivity index (χ0n) is 12.0. The normalized spacial score (nSPS) is 14.7. The van der Waals surface area contributed by atoms with Gasteiger partial charge in [-0.2, -0.15) is 0 Å². The second-order valence-corrected chi connectivity index (χ2v) is 5.09. The van der Waals surface area contributed by atoms with Gasteiger partial charge in [0.2, 0.25) is 0 Å². The summed E-state index contributed by atoms with van der Waals surface area (Å²) >= 11 is 0. The maximum atomic E-state index is 12.4. The Bertz CT molecular complexity index is 512. The summed E-state index contributed by atoms with van der Waals surface area (Å²) in [5.74, 6) is -0.454. The Hall–Kier alpha value is -2.24. The van der Waals surface area contributed by atoms with E-state index in [4.69, 9.17) is 9.84 Å². The summed E-state index contributed by atoms with van der Waals surface area (Å²) in [6.45, 7) is -0.286. The molecule has 0 bridgehead atoms. The molecule has 0 radical (unpaired) electrons. The van der Waals surface area contributed by atoms with Crippen LogP contribution in [0, 0.1) is 0 Å². The van der Waals surface area contributed by atoms with E-state index in [1.807, 2.05) is 0 Å². The fourth-order valence-electron chi connectivity index (χ4n) is 2.66. The van der Waals surface area contributed by atoms with E-state index in [2.05, 4.69) is 5.32 Å². The molecule has 21 heavy (non-hydrogen) atoms. The van der Waals surface area contributed by atoms with Crippen molar-refractivity contribution < 1.29 is 19.4 Å². The lowest BCUT2D eigenvalue weighted by molar-refractivity contribution is -0.138. The van der Waals surface area contributed by atoms with E-state index in [-0.39, 0.29) is 12.6 Å². The number of nitrogens with zero attached hydrogens (tertiary/aromatic N) is 1. The first-order valence-electron chi connectivity index (χ1n) is 7.04. The van der Waals surface area contributed by atoms with Crippen molar-refractivity contribution in [2.24, 2.45) is 0 Å². The van der Waals surface area contributed by atoms with Crippen molar-refractivity contribution in [1.82, 2.24) is 4.90 Å². The molecule has 0 heterocycles. The smallest absolute Gasteiger partial charge is 0.323 e. The molecule has 2 amide bonds. The number of nitrogens with one attached hydrogen (secondary N) is 1. The van der Waals surface area contributed by atoms with Gasteiger partial charge in [-0.25, -0.2) is 4.79 Å². The summed E-state index contributed by atoms with van der Waals surface area (Å²) in [7, 11) is 1.52. The monoisotopic (exact) mass is 292 g/mol. The first-order chi connectivity index (χ1) is 10.1. The van der Waals surface area contributed by atoms with Gasteiger partial charge in [-0.3, -0.25) is 4.79 Å². The highest BCUT2D eigenvalue weighted by molar-refractivity contribution is 5.93. The SMILES string of the molecule is COc1ccccc1NC(=O)N(CC(=O)O)C1CCCC1. The summed E-state index contributed by atoms with van der Waals surface area (Å²) in [4.78, 5) is 24.8. The van der Waals surface area contributed by atoms with E-state index in [0.717, 1.165) is 25.7 Å². The number of anilines is 1. The number of aliphatic carboxylic acids is 1. The first kappa shape index (κ1) is 15.2. The van der Waals surface area contributed by atoms with Crippen molar-refractivity contribution in [2.45, 2.75) is 31.7 Å². The average Bonchev–Trinajstić information content (AvgIpc) is 2.99. The molecule has 1 aromatic rings. The largest absolute Gasteiger partial charge is 0.495 e. The first-order valence-corrected chi connectivity index (χ1v) is 7.04. The van der Waals surface area contributed by atoms with E-state index in [1.165, 1.54) is 12.0 Å². The lowest BCUT2D eigenvalue weighted by Gasteiger charge is -2.27. The number of carboxylic acids is 1. The highest BCUT2D eigenvalue weighted by Crippen LogP contribution is 2.26. The minimum absolute atomic E-state index is 0.00388. The molecule has 0 saturated heterocycles. The van der Waals surface area contributed by atoms with Gasteiger partial charge in [0.25, 0.3) is 0 Å². The molecule has 0 spiro atoms. The van der Waals surface area contributed by atoms with E-state index in [9.17, 15) is 9.59 Å². The molecular weight excluding hydrogens is 272 g/mol. The van der Waals surface area contributed by atoms with Crippen molar-refractivity contribution in [2.75, 3.05) is 19.0 Å². The number of carbonyl (C=O) groups excluding carboxylic acids is 1. The summed E-state index contributed by atoms with van der Waals surface area (Å²) in [5.41, 5.74) is 0.540. The molecule has 0 unspecified atom stereocenters. The van der Waals surface area contributed by atoms with Gasteiger partial charge in [0.15, 0.2) is 0 Å². The molecule has 0 atom stereocenters. The summed E-state index contributed by atoms with van der Waals surface area (Å²) in [5, 5.41) is 11.8. The minimum atomic E-state index is -1.00. The van der Waals surface area contributed by atoms with Crippen molar-refractivity contribution >= 4 is 17.7 Å². The Labute approximate surface area is 123 Å². The van der Waals surface area contributed by atoms with Gasteiger partial charge in [-0.15, -0.1) is 0 Å². The van der Waals surface area contributed by atoms with E-state index < -0.39 is 12.0 Å². The number of rotatable bonds is 5. The average molecular weight is 292 g/mol. The Balaban J connectivity index is 2.12. The van der Waals surface area contributed by atoms with Crippen LogP contribution in [-0.2, 0) is 4.79 Å². The van der Waals surface area contributed by atoms with Gasteiger partial charge >= 0.3 is 12.0 Å². The zero-order chi connectivity index (χ0) is 15.2. The third kappa shape index (κ3) is 3.87. The Morgan fingerprint density at radius 1 is 1.33 bits per heavy atom. The predicted molar refractivity (Wildman–Crippen MR) is 78.6 cm³/mol. The number of urea groups is 1. The van der Waals surface area contributed by atoms with Crippen LogP contribution in [0.15, 0.2) is 24.3 Å². The number of methoxy groups -OCH3 is 1. The van der Waals surface area contributed by atoms with Crippen molar-refractivity contribution in [3.8, 4) is 5.75 Å². The number of amides is 2. The lowest BCUT2D eigenvalue weighted by atomic mass is 10.2. The number of hydrogen-bond acceptors (Lipinski definition) is 3. The topological polar surface area (TPSA) is 78.9 Å². The summed E-state index contributed by atoms with van der Waals surface area (Å²) in [6, 6.07) is 6.66. The van der Waals surface area contributed by atoms with Crippen molar-refractivity contribution in [3.05, 3.63) is 24.3 Å². The predicted octanol–water partition coefficient (Wildman–Crippen LogP) is 2.56. The van der Waals surface area contributed by atoms with Crippen LogP contribution in [0.3, 0.4) is 0 Å². The molecule has 2 N–H and O–H groups in total. The minimum Gasteiger partial charge on any atom is -0.495 e. The van der Waals surface area contributed by atoms with Crippen molar-refractivity contribution in [1.29, 1.82) is 0 Å². The molecule has 6 heteroatoms. The third-order valence-corrected chi connectivity index (χ3v) is 3.68. The Morgan fingerprint density at radius 2 is 2.00 bits per heavy atom. The Morgan fingerprint density at radius 3 is 2.62 bits per heavy atom. The zero-order valence-corrected chi connectivity index (χ0v) is 12.0. The van der Waals surface area contributed by atoms with Gasteiger partial charge in [0, 0.05) is 6.04 Å². The van der Waals surface area contributed by atoms with E-state index >= 15 is 0 Å². The maximum absolute atomic E-state index is 12.4. The van der Waals surface area contributed by atoms with Gasteiger partial charge in [-0.05, 0) is 25.0 Å². The van der Waals surface area contributed by atoms with Crippen LogP contribution in [0.25, 0.3) is 0 Å². The number of para-hydroxylation sites is 2. The molecule has 1 saturated carbocycles. The number of carbonyl (C=O) groups is 2. The van der Waals surface area contributed by atoms with Crippen molar-refractivity contribution in [3.63, 3.8) is 0 Å². The van der Waals surface area contributed by atoms with E-state index in [0.29, 0.717) is 11.4 Å². The quantitative estimate of drug-likeness (QED) is 0.874. The number of ether oxygens (including phenoxy) is 1. The molecule has 114 valence electrons. The molecule has 6 nitrogen and oxygen atoms in total. The van der Waals surface area contributed by atoms with Crippen LogP contribution in [0.2, 0.25) is 0 Å². The standard InChI is InChI=1S/C15H20N2O4/c1-21-13-9-5-4-8-12(13)16-15(20)17(10-14(18)19)11-6-2-3-7-11/h4-5,8-9,11H,2-3,6-7,10H2,1H3,(H,16,20)(H,18,19). The summed E-state index contributed by atoms with van der Waals surface area (Å²) in [6.07, 6.45) is 3.77. The second kappa shape index (κ2) is 6.97. The van der Waals surface area contributed by atoms with Crippen LogP contribution in [0.4, 0.5) is 10.5 Å². The number of carboxylic acid groups (broad SMARTS) is 1. The highest BCUT2D eigenvalue weighted by atomic mass is 16.5. The molecule has 1 aliphatic rings. The molecule has 0 aromatic heterocycles. The fourth-order valence-corrected chi connectivity index (χ4v) is 2.66. The highest BCUT2D eigenvalue weighted by Gasteiger charge is 2.28. The number of benzene rings is 1. The molecule has 0 aliphatic heterocycles. The molecule has 1 fully saturated rings. The van der Waals surface area contributed by atoms with Crippen LogP contribution in [-0.4, -0.2) is 41.7 Å². The fraction of sp³-hybridized carbons (Fsp3) is 0.467. The Kier molecular flexibility index (Phi) is 5.03. The number of hydrogen-bond donors (Lipinski definition) is 2.